The van der Waals surface area contributed by atoms with Crippen LogP contribution < -0.4 is 0 Å². The van der Waals surface area contributed by atoms with Crippen LogP contribution in [0.2, 0.25) is 0 Å². The van der Waals surface area contributed by atoms with Crippen LogP contribution >= 0.6 is 0 Å². The van der Waals surface area contributed by atoms with Crippen LogP contribution in [-0.2, 0) is 20.9 Å². The van der Waals surface area contributed by atoms with Crippen LogP contribution in [0.3, 0.4) is 0 Å². The number of nitrogens with zero attached hydrogens (tertiary/aromatic N) is 3. The monoisotopic (exact) mass is 303 g/mol. The third kappa shape index (κ3) is 3.84. The summed E-state index contributed by atoms with van der Waals surface area (Å²) < 4.78 is 0. The zero-order valence-electron chi connectivity index (χ0n) is 13.0. The molecule has 1 saturated heterocycles. The summed E-state index contributed by atoms with van der Waals surface area (Å²) >= 11 is 0. The lowest BCUT2D eigenvalue weighted by Crippen LogP contribution is -2.53. The molecule has 0 aromatic heterocycles. The smallest absolute Gasteiger partial charge is 0.312 e. The molecule has 1 fully saturated rings. The SMILES string of the molecule is CC(=O)N1CCN(C(=O)C(=O)N(C)Cc2ccccc2)CC1. The summed E-state index contributed by atoms with van der Waals surface area (Å²) in [5.41, 5.74) is 0.979. The second-order valence-corrected chi connectivity index (χ2v) is 5.45. The van der Waals surface area contributed by atoms with Gasteiger partial charge in [-0.05, 0) is 5.56 Å². The largest absolute Gasteiger partial charge is 0.339 e. The van der Waals surface area contributed by atoms with Crippen molar-refractivity contribution >= 4 is 17.7 Å². The molecule has 6 nitrogen and oxygen atoms in total. The Bertz CT molecular complexity index is 551. The van der Waals surface area contributed by atoms with Crippen molar-refractivity contribution in [3.63, 3.8) is 0 Å². The second kappa shape index (κ2) is 7.06. The number of likely N-dealkylation sites (N-methyl/N-ethyl adjacent to an activating group) is 1. The summed E-state index contributed by atoms with van der Waals surface area (Å²) in [6.07, 6.45) is 0. The molecule has 0 saturated carbocycles. The lowest BCUT2D eigenvalue weighted by Gasteiger charge is -2.34. The van der Waals surface area contributed by atoms with Crippen molar-refractivity contribution in [3.8, 4) is 0 Å². The maximum Gasteiger partial charge on any atom is 0.312 e. The summed E-state index contributed by atoms with van der Waals surface area (Å²) in [6.45, 7) is 3.69. The Morgan fingerprint density at radius 2 is 1.55 bits per heavy atom. The Balaban J connectivity index is 1.89. The number of hydrogen-bond acceptors (Lipinski definition) is 3. The van der Waals surface area contributed by atoms with E-state index >= 15 is 0 Å². The maximum absolute atomic E-state index is 12.2. The van der Waals surface area contributed by atoms with Gasteiger partial charge in [-0.25, -0.2) is 0 Å². The standard InChI is InChI=1S/C16H21N3O3/c1-13(20)18-8-10-19(11-9-18)16(22)15(21)17(2)12-14-6-4-3-5-7-14/h3-7H,8-12H2,1-2H3. The predicted molar refractivity (Wildman–Crippen MR) is 81.8 cm³/mol. The predicted octanol–water partition coefficient (Wildman–Crippen LogP) is 0.336. The highest BCUT2D eigenvalue weighted by Crippen LogP contribution is 2.07. The van der Waals surface area contributed by atoms with Crippen molar-refractivity contribution in [2.45, 2.75) is 13.5 Å². The van der Waals surface area contributed by atoms with Crippen molar-refractivity contribution < 1.29 is 14.4 Å². The van der Waals surface area contributed by atoms with E-state index in [0.29, 0.717) is 32.7 Å². The lowest BCUT2D eigenvalue weighted by atomic mass is 10.2. The zero-order valence-corrected chi connectivity index (χ0v) is 13.0. The van der Waals surface area contributed by atoms with Gasteiger partial charge < -0.3 is 14.7 Å². The number of hydrogen-bond donors (Lipinski definition) is 0. The van der Waals surface area contributed by atoms with Crippen molar-refractivity contribution in [1.82, 2.24) is 14.7 Å². The molecular formula is C16H21N3O3. The van der Waals surface area contributed by atoms with Crippen LogP contribution in [0.15, 0.2) is 30.3 Å². The van der Waals surface area contributed by atoms with E-state index in [0.717, 1.165) is 5.56 Å². The first-order valence-electron chi connectivity index (χ1n) is 7.33. The number of carbonyl (C=O) groups is 3. The lowest BCUT2D eigenvalue weighted by molar-refractivity contribution is -0.153. The van der Waals surface area contributed by atoms with Gasteiger partial charge in [0.05, 0.1) is 0 Å². The Morgan fingerprint density at radius 3 is 2.09 bits per heavy atom. The van der Waals surface area contributed by atoms with Gasteiger partial charge in [0.1, 0.15) is 0 Å². The van der Waals surface area contributed by atoms with Gasteiger partial charge in [0, 0.05) is 46.7 Å². The van der Waals surface area contributed by atoms with Crippen molar-refractivity contribution in [2.75, 3.05) is 33.2 Å². The summed E-state index contributed by atoms with van der Waals surface area (Å²) in [7, 11) is 1.62. The number of amides is 3. The van der Waals surface area contributed by atoms with Crippen molar-refractivity contribution in [3.05, 3.63) is 35.9 Å². The molecular weight excluding hydrogens is 282 g/mol. The van der Waals surface area contributed by atoms with E-state index in [2.05, 4.69) is 0 Å². The summed E-state index contributed by atoms with van der Waals surface area (Å²) in [5, 5.41) is 0. The minimum atomic E-state index is -0.514. The Hall–Kier alpha value is -2.37. The third-order valence-electron chi connectivity index (χ3n) is 3.80. The third-order valence-corrected chi connectivity index (χ3v) is 3.80. The van der Waals surface area contributed by atoms with Crippen LogP contribution in [0.4, 0.5) is 0 Å². The summed E-state index contributed by atoms with van der Waals surface area (Å²) in [5.74, 6) is -1.01. The number of benzene rings is 1. The van der Waals surface area contributed by atoms with E-state index in [1.807, 2.05) is 30.3 Å². The fourth-order valence-electron chi connectivity index (χ4n) is 2.45. The fourth-order valence-corrected chi connectivity index (χ4v) is 2.45. The molecule has 0 spiro atoms. The van der Waals surface area contributed by atoms with Gasteiger partial charge in [-0.1, -0.05) is 30.3 Å². The molecule has 0 N–H and O–H groups in total. The number of piperazine rings is 1. The van der Waals surface area contributed by atoms with Gasteiger partial charge in [-0.15, -0.1) is 0 Å². The second-order valence-electron chi connectivity index (χ2n) is 5.45. The molecule has 1 aromatic rings. The molecule has 3 amide bonds. The molecule has 118 valence electrons. The minimum absolute atomic E-state index is 0.000351. The van der Waals surface area contributed by atoms with E-state index in [9.17, 15) is 14.4 Å². The molecule has 0 atom stereocenters. The maximum atomic E-state index is 12.2. The molecule has 1 heterocycles. The van der Waals surface area contributed by atoms with Gasteiger partial charge in [0.25, 0.3) is 0 Å². The van der Waals surface area contributed by atoms with Crippen LogP contribution in [0.25, 0.3) is 0 Å². The molecule has 0 unspecified atom stereocenters. The first-order valence-corrected chi connectivity index (χ1v) is 7.33. The van der Waals surface area contributed by atoms with Gasteiger partial charge in [0.2, 0.25) is 5.91 Å². The summed E-state index contributed by atoms with van der Waals surface area (Å²) in [6, 6.07) is 9.54. The van der Waals surface area contributed by atoms with Gasteiger partial charge in [0.15, 0.2) is 0 Å². The highest BCUT2D eigenvalue weighted by atomic mass is 16.2. The Labute approximate surface area is 130 Å². The van der Waals surface area contributed by atoms with Crippen LogP contribution in [0.1, 0.15) is 12.5 Å². The molecule has 1 aliphatic rings. The molecule has 2 rings (SSSR count). The number of rotatable bonds is 2. The average Bonchev–Trinajstić information content (AvgIpc) is 2.54. The van der Waals surface area contributed by atoms with E-state index < -0.39 is 11.8 Å². The van der Waals surface area contributed by atoms with Crippen LogP contribution in [-0.4, -0.2) is 65.6 Å². The van der Waals surface area contributed by atoms with E-state index in [-0.39, 0.29) is 5.91 Å². The average molecular weight is 303 g/mol. The Kier molecular flexibility index (Phi) is 5.14. The van der Waals surface area contributed by atoms with E-state index in [1.165, 1.54) is 16.7 Å². The van der Waals surface area contributed by atoms with Crippen molar-refractivity contribution in [1.29, 1.82) is 0 Å². The topological polar surface area (TPSA) is 60.9 Å². The Morgan fingerprint density at radius 1 is 1.00 bits per heavy atom. The molecule has 6 heteroatoms. The summed E-state index contributed by atoms with van der Waals surface area (Å²) in [4.78, 5) is 40.3. The molecule has 0 radical (unpaired) electrons. The number of carbonyl (C=O) groups excluding carboxylic acids is 3. The van der Waals surface area contributed by atoms with Crippen LogP contribution in [0.5, 0.6) is 0 Å². The fraction of sp³-hybridized carbons (Fsp3) is 0.438. The van der Waals surface area contributed by atoms with Gasteiger partial charge >= 0.3 is 11.8 Å². The minimum Gasteiger partial charge on any atom is -0.339 e. The van der Waals surface area contributed by atoms with Crippen molar-refractivity contribution in [2.24, 2.45) is 0 Å². The first-order chi connectivity index (χ1) is 10.5. The van der Waals surface area contributed by atoms with Gasteiger partial charge in [-0.3, -0.25) is 14.4 Å². The first kappa shape index (κ1) is 16.0. The highest BCUT2D eigenvalue weighted by Gasteiger charge is 2.28. The molecule has 1 aromatic carbocycles. The molecule has 22 heavy (non-hydrogen) atoms. The van der Waals surface area contributed by atoms with Crippen LogP contribution in [0, 0.1) is 0 Å². The molecule has 1 aliphatic heterocycles. The molecule has 0 aliphatic carbocycles. The van der Waals surface area contributed by atoms with E-state index in [1.54, 1.807) is 11.9 Å². The molecule has 0 bridgehead atoms. The zero-order chi connectivity index (χ0) is 16.1. The normalized spacial score (nSPS) is 14.6. The van der Waals surface area contributed by atoms with Gasteiger partial charge in [-0.2, -0.15) is 0 Å². The quantitative estimate of drug-likeness (QED) is 0.740. The highest BCUT2D eigenvalue weighted by molar-refractivity contribution is 6.34. The van der Waals surface area contributed by atoms with E-state index in [4.69, 9.17) is 0 Å².